The maximum absolute atomic E-state index is 11.9. The lowest BCUT2D eigenvalue weighted by Gasteiger charge is -2.18. The van der Waals surface area contributed by atoms with Crippen molar-refractivity contribution in [1.82, 2.24) is 9.88 Å². The van der Waals surface area contributed by atoms with Gasteiger partial charge in [0.25, 0.3) is 0 Å². The third-order valence-corrected chi connectivity index (χ3v) is 4.52. The van der Waals surface area contributed by atoms with Crippen molar-refractivity contribution in [3.8, 4) is 0 Å². The number of ether oxygens (including phenoxy) is 1. The SMILES string of the molecule is CCOC(=O)N1CCc2nc3c(Cl)cccc3c(C)c2CC1. The zero-order chi connectivity index (χ0) is 15.7. The normalized spacial score (nSPS) is 14.6. The second-order valence-electron chi connectivity index (χ2n) is 5.48. The summed E-state index contributed by atoms with van der Waals surface area (Å²) in [6, 6.07) is 5.87. The zero-order valence-corrected chi connectivity index (χ0v) is 13.6. The van der Waals surface area contributed by atoms with Gasteiger partial charge in [0.05, 0.1) is 17.1 Å². The molecule has 2 aromatic rings. The highest BCUT2D eigenvalue weighted by atomic mass is 35.5. The molecule has 1 aliphatic rings. The molecular weight excluding hydrogens is 300 g/mol. The van der Waals surface area contributed by atoms with Gasteiger partial charge < -0.3 is 9.64 Å². The number of nitrogens with zero attached hydrogens (tertiary/aromatic N) is 2. The van der Waals surface area contributed by atoms with Crippen molar-refractivity contribution in [2.75, 3.05) is 19.7 Å². The van der Waals surface area contributed by atoms with E-state index in [0.29, 0.717) is 24.7 Å². The van der Waals surface area contributed by atoms with Crippen molar-refractivity contribution in [1.29, 1.82) is 0 Å². The van der Waals surface area contributed by atoms with E-state index in [2.05, 4.69) is 13.0 Å². The molecule has 0 saturated carbocycles. The van der Waals surface area contributed by atoms with Crippen LogP contribution in [0.5, 0.6) is 0 Å². The monoisotopic (exact) mass is 318 g/mol. The first-order chi connectivity index (χ1) is 10.6. The summed E-state index contributed by atoms with van der Waals surface area (Å²) in [7, 11) is 0. The average Bonchev–Trinajstić information content (AvgIpc) is 2.72. The van der Waals surface area contributed by atoms with Crippen LogP contribution in [0.15, 0.2) is 18.2 Å². The van der Waals surface area contributed by atoms with E-state index in [0.717, 1.165) is 29.4 Å². The Labute approximate surface area is 135 Å². The average molecular weight is 319 g/mol. The maximum atomic E-state index is 11.9. The van der Waals surface area contributed by atoms with E-state index in [1.165, 1.54) is 11.1 Å². The van der Waals surface area contributed by atoms with Crippen molar-refractivity contribution in [2.45, 2.75) is 26.7 Å². The number of hydrogen-bond donors (Lipinski definition) is 0. The molecule has 0 spiro atoms. The number of carbonyl (C=O) groups is 1. The van der Waals surface area contributed by atoms with E-state index in [-0.39, 0.29) is 6.09 Å². The van der Waals surface area contributed by atoms with Crippen LogP contribution < -0.4 is 0 Å². The summed E-state index contributed by atoms with van der Waals surface area (Å²) in [6.45, 7) is 5.64. The van der Waals surface area contributed by atoms with Crippen LogP contribution in [0.4, 0.5) is 4.79 Å². The molecule has 0 unspecified atom stereocenters. The number of carbonyl (C=O) groups excluding carboxylic acids is 1. The van der Waals surface area contributed by atoms with E-state index >= 15 is 0 Å². The smallest absolute Gasteiger partial charge is 0.409 e. The highest BCUT2D eigenvalue weighted by molar-refractivity contribution is 6.35. The number of amides is 1. The van der Waals surface area contributed by atoms with E-state index in [1.807, 2.05) is 19.1 Å². The minimum atomic E-state index is -0.240. The molecule has 1 aromatic heterocycles. The van der Waals surface area contributed by atoms with Gasteiger partial charge in [-0.25, -0.2) is 4.79 Å². The summed E-state index contributed by atoms with van der Waals surface area (Å²) in [5.41, 5.74) is 4.35. The summed E-state index contributed by atoms with van der Waals surface area (Å²) >= 11 is 6.29. The highest BCUT2D eigenvalue weighted by Gasteiger charge is 2.22. The van der Waals surface area contributed by atoms with Gasteiger partial charge in [-0.1, -0.05) is 23.7 Å². The molecule has 0 aliphatic carbocycles. The van der Waals surface area contributed by atoms with Crippen molar-refractivity contribution in [2.24, 2.45) is 0 Å². The van der Waals surface area contributed by atoms with E-state index < -0.39 is 0 Å². The summed E-state index contributed by atoms with van der Waals surface area (Å²) in [5, 5.41) is 1.77. The predicted octanol–water partition coefficient (Wildman–Crippen LogP) is 3.75. The number of pyridine rings is 1. The molecule has 4 nitrogen and oxygen atoms in total. The Morgan fingerprint density at radius 2 is 2.14 bits per heavy atom. The Hall–Kier alpha value is -1.81. The standard InChI is InChI=1S/C17H19ClN2O2/c1-3-22-17(21)20-9-7-12-11(2)13-5-4-6-14(18)16(13)19-15(12)8-10-20/h4-6H,3,7-10H2,1-2H3. The fourth-order valence-electron chi connectivity index (χ4n) is 3.05. The topological polar surface area (TPSA) is 42.4 Å². The summed E-state index contributed by atoms with van der Waals surface area (Å²) in [5.74, 6) is 0. The Morgan fingerprint density at radius 3 is 2.91 bits per heavy atom. The number of aryl methyl sites for hydroxylation is 1. The Balaban J connectivity index is 1.99. The lowest BCUT2D eigenvalue weighted by atomic mass is 9.98. The van der Waals surface area contributed by atoms with Crippen LogP contribution in [-0.4, -0.2) is 35.7 Å². The molecule has 2 heterocycles. The van der Waals surface area contributed by atoms with E-state index in [1.54, 1.807) is 4.90 Å². The Morgan fingerprint density at radius 1 is 1.36 bits per heavy atom. The molecule has 3 rings (SSSR count). The number of hydrogen-bond acceptors (Lipinski definition) is 3. The van der Waals surface area contributed by atoms with Crippen LogP contribution in [0.1, 0.15) is 23.7 Å². The van der Waals surface area contributed by atoms with E-state index in [9.17, 15) is 4.79 Å². The summed E-state index contributed by atoms with van der Waals surface area (Å²) in [6.07, 6.45) is 1.29. The quantitative estimate of drug-likeness (QED) is 0.804. The van der Waals surface area contributed by atoms with Gasteiger partial charge >= 0.3 is 6.09 Å². The number of benzene rings is 1. The summed E-state index contributed by atoms with van der Waals surface area (Å²) < 4.78 is 5.11. The number of rotatable bonds is 1. The third-order valence-electron chi connectivity index (χ3n) is 4.21. The third kappa shape index (κ3) is 2.63. The van der Waals surface area contributed by atoms with Gasteiger partial charge in [0.15, 0.2) is 0 Å². The van der Waals surface area contributed by atoms with Crippen LogP contribution in [-0.2, 0) is 17.6 Å². The molecular formula is C17H19ClN2O2. The van der Waals surface area contributed by atoms with Gasteiger partial charge in [-0.05, 0) is 37.5 Å². The lowest BCUT2D eigenvalue weighted by molar-refractivity contribution is 0.109. The molecule has 0 fully saturated rings. The van der Waals surface area contributed by atoms with Gasteiger partial charge in [0.2, 0.25) is 0 Å². The second kappa shape index (κ2) is 6.13. The fraction of sp³-hybridized carbons (Fsp3) is 0.412. The first kappa shape index (κ1) is 15.1. The number of para-hydroxylation sites is 1. The van der Waals surface area contributed by atoms with Crippen LogP contribution in [0.3, 0.4) is 0 Å². The molecule has 0 N–H and O–H groups in total. The predicted molar refractivity (Wildman–Crippen MR) is 87.5 cm³/mol. The maximum Gasteiger partial charge on any atom is 0.409 e. The number of fused-ring (bicyclic) bond motifs is 2. The Bertz CT molecular complexity index is 730. The van der Waals surface area contributed by atoms with E-state index in [4.69, 9.17) is 21.3 Å². The molecule has 5 heteroatoms. The largest absolute Gasteiger partial charge is 0.450 e. The minimum Gasteiger partial charge on any atom is -0.450 e. The van der Waals surface area contributed by atoms with Crippen LogP contribution in [0.2, 0.25) is 5.02 Å². The minimum absolute atomic E-state index is 0.240. The molecule has 0 saturated heterocycles. The van der Waals surface area contributed by atoms with Crippen LogP contribution in [0, 0.1) is 6.92 Å². The summed E-state index contributed by atoms with van der Waals surface area (Å²) in [4.78, 5) is 18.5. The molecule has 22 heavy (non-hydrogen) atoms. The molecule has 0 radical (unpaired) electrons. The Kier molecular flexibility index (Phi) is 4.21. The first-order valence-electron chi connectivity index (χ1n) is 7.60. The van der Waals surface area contributed by atoms with Crippen molar-refractivity contribution in [3.63, 3.8) is 0 Å². The van der Waals surface area contributed by atoms with Gasteiger partial charge in [-0.15, -0.1) is 0 Å². The molecule has 0 atom stereocenters. The molecule has 1 amide bonds. The zero-order valence-electron chi connectivity index (χ0n) is 12.9. The van der Waals surface area contributed by atoms with Gasteiger partial charge in [0.1, 0.15) is 0 Å². The highest BCUT2D eigenvalue weighted by Crippen LogP contribution is 2.29. The van der Waals surface area contributed by atoms with Crippen molar-refractivity contribution >= 4 is 28.6 Å². The van der Waals surface area contributed by atoms with Crippen LogP contribution >= 0.6 is 11.6 Å². The first-order valence-corrected chi connectivity index (χ1v) is 7.98. The molecule has 1 aliphatic heterocycles. The van der Waals surface area contributed by atoms with Gasteiger partial charge in [-0.2, -0.15) is 0 Å². The lowest BCUT2D eigenvalue weighted by Crippen LogP contribution is -2.33. The molecule has 116 valence electrons. The van der Waals surface area contributed by atoms with Gasteiger partial charge in [0, 0.05) is 30.6 Å². The van der Waals surface area contributed by atoms with Crippen molar-refractivity contribution in [3.05, 3.63) is 40.0 Å². The second-order valence-corrected chi connectivity index (χ2v) is 5.89. The fourth-order valence-corrected chi connectivity index (χ4v) is 3.27. The number of halogens is 1. The molecule has 1 aromatic carbocycles. The number of aromatic nitrogens is 1. The van der Waals surface area contributed by atoms with Crippen LogP contribution in [0.25, 0.3) is 10.9 Å². The molecule has 0 bridgehead atoms. The van der Waals surface area contributed by atoms with Crippen molar-refractivity contribution < 1.29 is 9.53 Å². The van der Waals surface area contributed by atoms with Gasteiger partial charge in [-0.3, -0.25) is 4.98 Å².